The molecule has 0 aliphatic heterocycles. The average molecular weight is 1510 g/mol. The lowest BCUT2D eigenvalue weighted by Gasteiger charge is -2.21. The highest BCUT2D eigenvalue weighted by molar-refractivity contribution is 7.47. The number of unbranched alkanes of at least 4 members (excludes halogenated alkanes) is 53. The van der Waals surface area contributed by atoms with Crippen molar-refractivity contribution in [2.75, 3.05) is 39.6 Å². The van der Waals surface area contributed by atoms with Crippen molar-refractivity contribution < 1.29 is 80.2 Å². The standard InChI is InChI=1S/C84H164O17P2/c1-7-9-11-13-15-17-19-20-21-22-27-33-38-44-50-56-62-68-83(88)100-79(72-94-81(86)66-60-54-48-42-18-16-14-12-10-8-2)74-98-102(90,91)96-70-78(85)71-97-103(92,93)99-75-80(101-84(89)69-63-57-51-45-39-34-29-24-26-31-36-41-47-53-59-65-77(5)6)73-95-82(87)67-61-55-49-43-37-32-28-23-25-30-35-40-46-52-58-64-76(3)4/h76-80,85H,7-75H2,1-6H3,(H,90,91)(H,92,93)/t78-,79+,80+/m0/s1. The van der Waals surface area contributed by atoms with Crippen LogP contribution in [0.4, 0.5) is 0 Å². The van der Waals surface area contributed by atoms with E-state index in [2.05, 4.69) is 41.5 Å². The first-order chi connectivity index (χ1) is 49.9. The topological polar surface area (TPSA) is 237 Å². The maximum Gasteiger partial charge on any atom is 0.472 e. The maximum absolute atomic E-state index is 13.1. The third-order valence-corrected chi connectivity index (χ3v) is 21.6. The SMILES string of the molecule is CCCCCCCCCCCCCCCCCCCC(=O)O[C@H](COC(=O)CCCCCCCCCCCC)COP(=O)(O)OC[C@H](O)COP(=O)(O)OC[C@@H](COC(=O)CCCCCCCCCCCCCCCCCC(C)C)OC(=O)CCCCCCCCCCCCCCCCCC(C)C. The molecule has 17 nitrogen and oxygen atoms in total. The van der Waals surface area contributed by atoms with Crippen molar-refractivity contribution in [1.82, 2.24) is 0 Å². The van der Waals surface area contributed by atoms with Gasteiger partial charge in [-0.1, -0.05) is 395 Å². The average Bonchev–Trinajstić information content (AvgIpc) is 0.936. The minimum Gasteiger partial charge on any atom is -0.462 e. The number of ether oxygens (including phenoxy) is 4. The molecule has 0 aromatic rings. The van der Waals surface area contributed by atoms with Crippen molar-refractivity contribution in [2.45, 2.75) is 464 Å². The van der Waals surface area contributed by atoms with E-state index in [-0.39, 0.29) is 25.7 Å². The smallest absolute Gasteiger partial charge is 0.462 e. The van der Waals surface area contributed by atoms with Gasteiger partial charge in [-0.05, 0) is 37.5 Å². The van der Waals surface area contributed by atoms with Gasteiger partial charge in [0.05, 0.1) is 26.4 Å². The largest absolute Gasteiger partial charge is 0.472 e. The van der Waals surface area contributed by atoms with Crippen LogP contribution in [0, 0.1) is 11.8 Å². The number of hydrogen-bond acceptors (Lipinski definition) is 15. The Bertz CT molecular complexity index is 1980. The van der Waals surface area contributed by atoms with Crippen LogP contribution < -0.4 is 0 Å². The first-order valence-corrected chi connectivity index (χ1v) is 46.5. The van der Waals surface area contributed by atoms with Gasteiger partial charge in [0, 0.05) is 25.7 Å². The predicted molar refractivity (Wildman–Crippen MR) is 423 cm³/mol. The van der Waals surface area contributed by atoms with Gasteiger partial charge in [-0.3, -0.25) is 37.3 Å². The summed E-state index contributed by atoms with van der Waals surface area (Å²) >= 11 is 0. The van der Waals surface area contributed by atoms with Crippen molar-refractivity contribution in [3.63, 3.8) is 0 Å². The Kier molecular flexibility index (Phi) is 74.1. The molecule has 612 valence electrons. The molecule has 0 aliphatic rings. The minimum absolute atomic E-state index is 0.108. The predicted octanol–water partition coefficient (Wildman–Crippen LogP) is 25.5. The van der Waals surface area contributed by atoms with E-state index in [1.807, 2.05) is 0 Å². The molecular weight excluding hydrogens is 1340 g/mol. The van der Waals surface area contributed by atoms with E-state index < -0.39 is 97.5 Å². The van der Waals surface area contributed by atoms with Gasteiger partial charge in [0.2, 0.25) is 0 Å². The van der Waals surface area contributed by atoms with E-state index in [1.165, 1.54) is 263 Å². The van der Waals surface area contributed by atoms with E-state index in [0.717, 1.165) is 102 Å². The van der Waals surface area contributed by atoms with Gasteiger partial charge in [0.15, 0.2) is 12.2 Å². The fourth-order valence-electron chi connectivity index (χ4n) is 13.1. The molecule has 0 amide bonds. The van der Waals surface area contributed by atoms with Gasteiger partial charge in [0.1, 0.15) is 19.3 Å². The zero-order chi connectivity index (χ0) is 75.6. The first kappa shape index (κ1) is 101. The summed E-state index contributed by atoms with van der Waals surface area (Å²) in [5.41, 5.74) is 0. The zero-order valence-electron chi connectivity index (χ0n) is 67.6. The number of carbonyl (C=O) groups excluding carboxylic acids is 4. The molecule has 0 bridgehead atoms. The number of carbonyl (C=O) groups is 4. The molecule has 0 fully saturated rings. The lowest BCUT2D eigenvalue weighted by Crippen LogP contribution is -2.30. The highest BCUT2D eigenvalue weighted by Crippen LogP contribution is 2.45. The van der Waals surface area contributed by atoms with Crippen LogP contribution in [0.5, 0.6) is 0 Å². The molecule has 19 heteroatoms. The molecule has 0 heterocycles. The number of aliphatic hydroxyl groups excluding tert-OH is 1. The molecule has 0 saturated carbocycles. The van der Waals surface area contributed by atoms with E-state index in [4.69, 9.17) is 37.0 Å². The van der Waals surface area contributed by atoms with Gasteiger partial charge < -0.3 is 33.8 Å². The summed E-state index contributed by atoms with van der Waals surface area (Å²) in [6, 6.07) is 0. The summed E-state index contributed by atoms with van der Waals surface area (Å²) in [7, 11) is -9.92. The number of phosphoric acid groups is 2. The second-order valence-electron chi connectivity index (χ2n) is 31.2. The Balaban J connectivity index is 5.23. The molecule has 5 atom stereocenters. The Morgan fingerprint density at radius 2 is 0.447 bits per heavy atom. The van der Waals surface area contributed by atoms with Crippen LogP contribution in [0.25, 0.3) is 0 Å². The summed E-state index contributed by atoms with van der Waals surface area (Å²) in [5.74, 6) is -0.494. The third-order valence-electron chi connectivity index (χ3n) is 19.7. The van der Waals surface area contributed by atoms with Crippen LogP contribution in [0.2, 0.25) is 0 Å². The second-order valence-corrected chi connectivity index (χ2v) is 34.1. The van der Waals surface area contributed by atoms with Gasteiger partial charge in [-0.2, -0.15) is 0 Å². The molecule has 0 rings (SSSR count). The fourth-order valence-corrected chi connectivity index (χ4v) is 14.6. The Morgan fingerprint density at radius 1 is 0.262 bits per heavy atom. The highest BCUT2D eigenvalue weighted by atomic mass is 31.2. The molecule has 103 heavy (non-hydrogen) atoms. The Morgan fingerprint density at radius 3 is 0.660 bits per heavy atom. The van der Waals surface area contributed by atoms with Crippen LogP contribution in [0.3, 0.4) is 0 Å². The van der Waals surface area contributed by atoms with Gasteiger partial charge in [-0.15, -0.1) is 0 Å². The highest BCUT2D eigenvalue weighted by Gasteiger charge is 2.30. The van der Waals surface area contributed by atoms with Crippen molar-refractivity contribution in [2.24, 2.45) is 11.8 Å². The molecule has 2 unspecified atom stereocenters. The van der Waals surface area contributed by atoms with Crippen LogP contribution in [-0.2, 0) is 65.4 Å². The number of esters is 4. The van der Waals surface area contributed by atoms with Crippen LogP contribution in [0.1, 0.15) is 446 Å². The number of aliphatic hydroxyl groups is 1. The first-order valence-electron chi connectivity index (χ1n) is 43.5. The van der Waals surface area contributed by atoms with Crippen molar-refractivity contribution in [3.05, 3.63) is 0 Å². The molecule has 0 aliphatic carbocycles. The Labute approximate surface area is 632 Å². The zero-order valence-corrected chi connectivity index (χ0v) is 69.4. The van der Waals surface area contributed by atoms with Crippen molar-refractivity contribution in [1.29, 1.82) is 0 Å². The summed E-state index contributed by atoms with van der Waals surface area (Å²) in [6.45, 7) is 9.71. The molecule has 0 saturated heterocycles. The van der Waals surface area contributed by atoms with Gasteiger partial charge in [0.25, 0.3) is 0 Å². The maximum atomic E-state index is 13.1. The molecule has 0 aromatic heterocycles. The van der Waals surface area contributed by atoms with Crippen LogP contribution >= 0.6 is 15.6 Å². The monoisotopic (exact) mass is 1510 g/mol. The molecule has 3 N–H and O–H groups in total. The molecule has 0 radical (unpaired) electrons. The summed E-state index contributed by atoms with van der Waals surface area (Å²) < 4.78 is 68.8. The number of phosphoric ester groups is 2. The lowest BCUT2D eigenvalue weighted by atomic mass is 10.0. The normalized spacial score (nSPS) is 13.9. The number of hydrogen-bond donors (Lipinski definition) is 3. The van der Waals surface area contributed by atoms with Crippen LogP contribution in [-0.4, -0.2) is 96.7 Å². The molecular formula is C84H164O17P2. The Hall–Kier alpha value is -1.94. The van der Waals surface area contributed by atoms with Crippen molar-refractivity contribution in [3.8, 4) is 0 Å². The van der Waals surface area contributed by atoms with E-state index >= 15 is 0 Å². The molecule has 0 spiro atoms. The molecule has 0 aromatic carbocycles. The van der Waals surface area contributed by atoms with Gasteiger partial charge >= 0.3 is 39.5 Å². The fraction of sp³-hybridized carbons (Fsp3) is 0.952. The van der Waals surface area contributed by atoms with E-state index in [0.29, 0.717) is 25.7 Å². The third kappa shape index (κ3) is 78.0. The second kappa shape index (κ2) is 75.5. The quantitative estimate of drug-likeness (QED) is 0.0222. The summed E-state index contributed by atoms with van der Waals surface area (Å²) in [6.07, 6.45) is 66.5. The van der Waals surface area contributed by atoms with E-state index in [1.54, 1.807) is 0 Å². The van der Waals surface area contributed by atoms with E-state index in [9.17, 15) is 43.2 Å². The van der Waals surface area contributed by atoms with Gasteiger partial charge in [-0.25, -0.2) is 9.13 Å². The number of rotatable bonds is 83. The minimum atomic E-state index is -4.96. The summed E-state index contributed by atoms with van der Waals surface area (Å²) in [5, 5.41) is 10.7. The lowest BCUT2D eigenvalue weighted by molar-refractivity contribution is -0.161. The van der Waals surface area contributed by atoms with Crippen molar-refractivity contribution >= 4 is 39.5 Å². The summed E-state index contributed by atoms with van der Waals surface area (Å²) in [4.78, 5) is 73.1. The van der Waals surface area contributed by atoms with Crippen LogP contribution in [0.15, 0.2) is 0 Å².